The molecule has 0 atom stereocenters. The Morgan fingerprint density at radius 3 is 2.57 bits per heavy atom. The topological polar surface area (TPSA) is 72.3 Å². The van der Waals surface area contributed by atoms with Crippen LogP contribution in [0.1, 0.15) is 5.56 Å². The van der Waals surface area contributed by atoms with Gasteiger partial charge in [-0.05, 0) is 33.6 Å². The summed E-state index contributed by atoms with van der Waals surface area (Å²) in [4.78, 5) is 14.7. The van der Waals surface area contributed by atoms with Crippen molar-refractivity contribution in [2.24, 2.45) is 0 Å². The highest BCUT2D eigenvalue weighted by Crippen LogP contribution is 2.25. The van der Waals surface area contributed by atoms with Gasteiger partial charge >= 0.3 is 0 Å². The lowest BCUT2D eigenvalue weighted by Gasteiger charge is -2.28. The molecule has 0 saturated carbocycles. The summed E-state index contributed by atoms with van der Waals surface area (Å²) >= 11 is 4.84. The fourth-order valence-corrected chi connectivity index (χ4v) is 4.29. The maximum atomic E-state index is 12.5. The summed E-state index contributed by atoms with van der Waals surface area (Å²) < 4.78 is 8.40. The molecule has 0 aliphatic carbocycles. The molecular weight excluding hydrogens is 466 g/mol. The fourth-order valence-electron chi connectivity index (χ4n) is 3.17. The first-order chi connectivity index (χ1) is 14.7. The van der Waals surface area contributed by atoms with Gasteiger partial charge in [0.05, 0.1) is 31.2 Å². The number of anilines is 2. The molecule has 156 valence electrons. The lowest BCUT2D eigenvalue weighted by molar-refractivity contribution is -0.113. The highest BCUT2D eigenvalue weighted by molar-refractivity contribution is 9.10. The number of aromatic nitrogens is 3. The van der Waals surface area contributed by atoms with E-state index in [2.05, 4.69) is 53.0 Å². The van der Waals surface area contributed by atoms with Crippen LogP contribution in [0.3, 0.4) is 0 Å². The number of morpholine rings is 1. The van der Waals surface area contributed by atoms with E-state index in [-0.39, 0.29) is 11.7 Å². The molecule has 1 fully saturated rings. The normalized spacial score (nSPS) is 14.0. The number of nitrogens with one attached hydrogen (secondary N) is 1. The number of thioether (sulfide) groups is 1. The van der Waals surface area contributed by atoms with E-state index in [9.17, 15) is 4.79 Å². The number of carbonyl (C=O) groups excluding carboxylic acids is 1. The van der Waals surface area contributed by atoms with Crippen LogP contribution in [0.5, 0.6) is 0 Å². The van der Waals surface area contributed by atoms with E-state index in [0.29, 0.717) is 19.8 Å². The molecule has 0 unspecified atom stereocenters. The standard InChI is InChI=1S/C21H22BrN5O2S/c22-17-8-4-5-9-18(17)23-19(28)15-30-21-25-24-20(26-10-12-29-13-11-26)27(21)14-16-6-2-1-3-7-16/h1-9H,10-15H2,(H,23,28). The maximum Gasteiger partial charge on any atom is 0.234 e. The molecule has 0 bridgehead atoms. The van der Waals surface area contributed by atoms with Crippen molar-refractivity contribution < 1.29 is 9.53 Å². The van der Waals surface area contributed by atoms with Crippen molar-refractivity contribution in [3.63, 3.8) is 0 Å². The average Bonchev–Trinajstić information content (AvgIpc) is 3.17. The predicted molar refractivity (Wildman–Crippen MR) is 122 cm³/mol. The van der Waals surface area contributed by atoms with Crippen molar-refractivity contribution in [2.75, 3.05) is 42.3 Å². The Bertz CT molecular complexity index is 992. The first-order valence-electron chi connectivity index (χ1n) is 9.68. The van der Waals surface area contributed by atoms with Crippen molar-refractivity contribution in [1.29, 1.82) is 0 Å². The van der Waals surface area contributed by atoms with E-state index in [1.807, 2.05) is 42.5 Å². The Kier molecular flexibility index (Phi) is 7.03. The number of ether oxygens (including phenoxy) is 1. The van der Waals surface area contributed by atoms with Gasteiger partial charge in [0.2, 0.25) is 11.9 Å². The second kappa shape index (κ2) is 10.1. The molecule has 1 aliphatic heterocycles. The smallest absolute Gasteiger partial charge is 0.234 e. The van der Waals surface area contributed by atoms with Crippen LogP contribution < -0.4 is 10.2 Å². The highest BCUT2D eigenvalue weighted by Gasteiger charge is 2.21. The first kappa shape index (κ1) is 20.9. The number of halogens is 1. The Morgan fingerprint density at radius 2 is 1.80 bits per heavy atom. The fraction of sp³-hybridized carbons (Fsp3) is 0.286. The van der Waals surface area contributed by atoms with Crippen LogP contribution in [0.15, 0.2) is 64.2 Å². The lowest BCUT2D eigenvalue weighted by Crippen LogP contribution is -2.38. The summed E-state index contributed by atoms with van der Waals surface area (Å²) in [5, 5.41) is 12.5. The summed E-state index contributed by atoms with van der Waals surface area (Å²) in [5.41, 5.74) is 1.91. The number of hydrogen-bond acceptors (Lipinski definition) is 6. The van der Waals surface area contributed by atoms with E-state index in [4.69, 9.17) is 4.74 Å². The number of hydrogen-bond donors (Lipinski definition) is 1. The molecule has 4 rings (SSSR count). The van der Waals surface area contributed by atoms with E-state index < -0.39 is 0 Å². The van der Waals surface area contributed by atoms with E-state index in [1.54, 1.807) is 0 Å². The lowest BCUT2D eigenvalue weighted by atomic mass is 10.2. The van der Waals surface area contributed by atoms with Crippen LogP contribution in [0.2, 0.25) is 0 Å². The van der Waals surface area contributed by atoms with Crippen LogP contribution in [-0.2, 0) is 16.1 Å². The molecule has 1 saturated heterocycles. The molecule has 1 N–H and O–H groups in total. The molecule has 0 radical (unpaired) electrons. The summed E-state index contributed by atoms with van der Waals surface area (Å²) in [7, 11) is 0. The van der Waals surface area contributed by atoms with Gasteiger partial charge in [-0.15, -0.1) is 10.2 Å². The summed E-state index contributed by atoms with van der Waals surface area (Å²) in [6.45, 7) is 3.55. The Hall–Kier alpha value is -2.36. The molecular formula is C21H22BrN5O2S. The van der Waals surface area contributed by atoms with Crippen LogP contribution in [0.25, 0.3) is 0 Å². The zero-order chi connectivity index (χ0) is 20.8. The largest absolute Gasteiger partial charge is 0.378 e. The van der Waals surface area contributed by atoms with E-state index >= 15 is 0 Å². The third kappa shape index (κ3) is 5.21. The van der Waals surface area contributed by atoms with Gasteiger partial charge < -0.3 is 15.0 Å². The molecule has 2 aromatic carbocycles. The molecule has 7 nitrogen and oxygen atoms in total. The summed E-state index contributed by atoms with van der Waals surface area (Å²) in [5.74, 6) is 0.974. The minimum absolute atomic E-state index is 0.0888. The van der Waals surface area contributed by atoms with Crippen molar-refractivity contribution in [3.05, 3.63) is 64.6 Å². The van der Waals surface area contributed by atoms with Gasteiger partial charge in [0, 0.05) is 17.6 Å². The van der Waals surface area contributed by atoms with Gasteiger partial charge in [0.25, 0.3) is 0 Å². The average molecular weight is 488 g/mol. The molecule has 9 heteroatoms. The number of amides is 1. The Balaban J connectivity index is 1.49. The van der Waals surface area contributed by atoms with Crippen LogP contribution in [0.4, 0.5) is 11.6 Å². The SMILES string of the molecule is O=C(CSc1nnc(N2CCOCC2)n1Cc1ccccc1)Nc1ccccc1Br. The predicted octanol–water partition coefficient (Wildman–Crippen LogP) is 3.66. The minimum atomic E-state index is -0.0888. The molecule has 0 spiro atoms. The number of para-hydroxylation sites is 1. The van der Waals surface area contributed by atoms with E-state index in [1.165, 1.54) is 11.8 Å². The van der Waals surface area contributed by atoms with Gasteiger partial charge in [-0.25, -0.2) is 0 Å². The van der Waals surface area contributed by atoms with Crippen LogP contribution >= 0.6 is 27.7 Å². The number of benzene rings is 2. The van der Waals surface area contributed by atoms with Gasteiger partial charge in [0.15, 0.2) is 5.16 Å². The van der Waals surface area contributed by atoms with Gasteiger partial charge in [0.1, 0.15) is 0 Å². The highest BCUT2D eigenvalue weighted by atomic mass is 79.9. The van der Waals surface area contributed by atoms with E-state index in [0.717, 1.165) is 39.9 Å². The maximum absolute atomic E-state index is 12.5. The monoisotopic (exact) mass is 487 g/mol. The molecule has 1 aromatic heterocycles. The van der Waals surface area contributed by atoms with Crippen molar-refractivity contribution in [1.82, 2.24) is 14.8 Å². The first-order valence-corrected chi connectivity index (χ1v) is 11.5. The second-order valence-corrected chi connectivity index (χ2v) is 8.57. The van der Waals surface area contributed by atoms with Crippen molar-refractivity contribution in [2.45, 2.75) is 11.7 Å². The molecule has 2 heterocycles. The van der Waals surface area contributed by atoms with Gasteiger partial charge in [-0.3, -0.25) is 9.36 Å². The third-order valence-corrected chi connectivity index (χ3v) is 6.31. The summed E-state index contributed by atoms with van der Waals surface area (Å²) in [6, 6.07) is 17.8. The number of rotatable bonds is 7. The zero-order valence-electron chi connectivity index (χ0n) is 16.3. The zero-order valence-corrected chi connectivity index (χ0v) is 18.7. The quantitative estimate of drug-likeness (QED) is 0.512. The Morgan fingerprint density at radius 1 is 1.07 bits per heavy atom. The molecule has 3 aromatic rings. The molecule has 1 amide bonds. The number of nitrogens with zero attached hydrogens (tertiary/aromatic N) is 4. The second-order valence-electron chi connectivity index (χ2n) is 6.77. The Labute approximate surface area is 187 Å². The van der Waals surface area contributed by atoms with Gasteiger partial charge in [-0.2, -0.15) is 0 Å². The molecule has 1 aliphatic rings. The van der Waals surface area contributed by atoms with Gasteiger partial charge in [-0.1, -0.05) is 54.2 Å². The van der Waals surface area contributed by atoms with Crippen LogP contribution in [-0.4, -0.2) is 52.7 Å². The third-order valence-electron chi connectivity index (χ3n) is 4.66. The minimum Gasteiger partial charge on any atom is -0.378 e. The summed E-state index contributed by atoms with van der Waals surface area (Å²) in [6.07, 6.45) is 0. The van der Waals surface area contributed by atoms with Crippen LogP contribution in [0, 0.1) is 0 Å². The molecule has 30 heavy (non-hydrogen) atoms. The van der Waals surface area contributed by atoms with Crippen molar-refractivity contribution >= 4 is 45.2 Å². The van der Waals surface area contributed by atoms with Crippen molar-refractivity contribution in [3.8, 4) is 0 Å². The number of carbonyl (C=O) groups is 1.